The Morgan fingerprint density at radius 1 is 1.04 bits per heavy atom. The second kappa shape index (κ2) is 7.83. The number of benzene rings is 2. The Labute approximate surface area is 154 Å². The summed E-state index contributed by atoms with van der Waals surface area (Å²) in [7, 11) is 0. The van der Waals surface area contributed by atoms with Crippen LogP contribution in [0.15, 0.2) is 42.5 Å². The molecule has 2 aromatic carbocycles. The van der Waals surface area contributed by atoms with Gasteiger partial charge in [0.05, 0.1) is 0 Å². The van der Waals surface area contributed by atoms with Crippen LogP contribution in [0.3, 0.4) is 0 Å². The molecule has 0 bridgehead atoms. The number of piperidine rings is 1. The van der Waals surface area contributed by atoms with Gasteiger partial charge in [-0.05, 0) is 79.9 Å². The van der Waals surface area contributed by atoms with Gasteiger partial charge in [-0.25, -0.2) is 4.39 Å². The van der Waals surface area contributed by atoms with Gasteiger partial charge < -0.3 is 15.5 Å². The summed E-state index contributed by atoms with van der Waals surface area (Å²) >= 11 is 5.31. The zero-order valence-electron chi connectivity index (χ0n) is 14.7. The van der Waals surface area contributed by atoms with Crippen molar-refractivity contribution in [1.29, 1.82) is 0 Å². The molecule has 0 spiro atoms. The van der Waals surface area contributed by atoms with E-state index in [1.54, 1.807) is 13.0 Å². The summed E-state index contributed by atoms with van der Waals surface area (Å²) in [4.78, 5) is 2.43. The van der Waals surface area contributed by atoms with Gasteiger partial charge in [-0.1, -0.05) is 13.0 Å². The van der Waals surface area contributed by atoms with E-state index in [1.807, 2.05) is 18.2 Å². The number of nitrogens with one attached hydrogen (secondary N) is 2. The molecule has 0 amide bonds. The third kappa shape index (κ3) is 4.69. The molecule has 0 atom stereocenters. The van der Waals surface area contributed by atoms with Gasteiger partial charge in [-0.15, -0.1) is 0 Å². The average molecular weight is 357 g/mol. The summed E-state index contributed by atoms with van der Waals surface area (Å²) in [6.45, 7) is 6.29. The molecular formula is C20H24FN3S. The first-order chi connectivity index (χ1) is 12.0. The highest BCUT2D eigenvalue weighted by atomic mass is 32.1. The Hall–Kier alpha value is -2.14. The fourth-order valence-electron chi connectivity index (χ4n) is 2.99. The molecule has 1 saturated heterocycles. The fourth-order valence-corrected chi connectivity index (χ4v) is 3.22. The Balaban J connectivity index is 1.57. The maximum absolute atomic E-state index is 13.6. The number of nitrogens with zero attached hydrogens (tertiary/aromatic N) is 1. The molecule has 0 saturated carbocycles. The van der Waals surface area contributed by atoms with Gasteiger partial charge in [0.1, 0.15) is 5.82 Å². The van der Waals surface area contributed by atoms with E-state index in [0.717, 1.165) is 24.7 Å². The quantitative estimate of drug-likeness (QED) is 0.740. The zero-order chi connectivity index (χ0) is 17.8. The highest BCUT2D eigenvalue weighted by molar-refractivity contribution is 7.80. The van der Waals surface area contributed by atoms with Crippen molar-refractivity contribution in [2.45, 2.75) is 26.7 Å². The molecule has 2 N–H and O–H groups in total. The number of halogens is 1. The Morgan fingerprint density at radius 3 is 2.28 bits per heavy atom. The molecule has 2 aromatic rings. The van der Waals surface area contributed by atoms with Crippen LogP contribution in [0.4, 0.5) is 21.5 Å². The van der Waals surface area contributed by atoms with Crippen molar-refractivity contribution in [2.24, 2.45) is 5.92 Å². The van der Waals surface area contributed by atoms with Gasteiger partial charge in [0.2, 0.25) is 0 Å². The van der Waals surface area contributed by atoms with Crippen LogP contribution in [-0.2, 0) is 0 Å². The molecule has 0 aromatic heterocycles. The Kier molecular flexibility index (Phi) is 5.53. The number of rotatable bonds is 3. The molecule has 0 radical (unpaired) electrons. The second-order valence-corrected chi connectivity index (χ2v) is 7.17. The van der Waals surface area contributed by atoms with Crippen molar-refractivity contribution in [3.63, 3.8) is 0 Å². The number of hydrogen-bond donors (Lipinski definition) is 2. The standard InChI is InChI=1S/C20H24FN3S/c1-14-9-11-24(12-10-14)18-7-5-16(6-8-18)22-20(25)23-17-4-3-15(2)19(21)13-17/h3-8,13-14H,9-12H2,1-2H3,(H2,22,23,25). The summed E-state index contributed by atoms with van der Waals surface area (Å²) in [6.07, 6.45) is 2.50. The van der Waals surface area contributed by atoms with Crippen LogP contribution >= 0.6 is 12.2 Å². The van der Waals surface area contributed by atoms with Crippen molar-refractivity contribution >= 4 is 34.4 Å². The smallest absolute Gasteiger partial charge is 0.175 e. The molecule has 1 aliphatic heterocycles. The second-order valence-electron chi connectivity index (χ2n) is 6.76. The van der Waals surface area contributed by atoms with Crippen molar-refractivity contribution in [1.82, 2.24) is 0 Å². The summed E-state index contributed by atoms with van der Waals surface area (Å²) in [5, 5.41) is 6.60. The summed E-state index contributed by atoms with van der Waals surface area (Å²) in [6, 6.07) is 13.3. The summed E-state index contributed by atoms with van der Waals surface area (Å²) < 4.78 is 13.6. The van der Waals surface area contributed by atoms with Gasteiger partial charge in [0, 0.05) is 30.2 Å². The number of anilines is 3. The molecule has 1 fully saturated rings. The van der Waals surface area contributed by atoms with Crippen molar-refractivity contribution in [2.75, 3.05) is 28.6 Å². The van der Waals surface area contributed by atoms with E-state index >= 15 is 0 Å². The van der Waals surface area contributed by atoms with Crippen LogP contribution in [0, 0.1) is 18.7 Å². The first-order valence-electron chi connectivity index (χ1n) is 8.70. The minimum Gasteiger partial charge on any atom is -0.372 e. The normalized spacial score (nSPS) is 15.1. The van der Waals surface area contributed by atoms with Crippen molar-refractivity contribution < 1.29 is 4.39 Å². The lowest BCUT2D eigenvalue weighted by molar-refractivity contribution is 0.438. The van der Waals surface area contributed by atoms with Gasteiger partial charge in [-0.3, -0.25) is 0 Å². The van der Waals surface area contributed by atoms with Crippen LogP contribution < -0.4 is 15.5 Å². The van der Waals surface area contributed by atoms with Crippen LogP contribution in [0.2, 0.25) is 0 Å². The zero-order valence-corrected chi connectivity index (χ0v) is 15.5. The predicted octanol–water partition coefficient (Wildman–Crippen LogP) is 5.18. The first kappa shape index (κ1) is 17.7. The molecule has 1 aliphatic rings. The summed E-state index contributed by atoms with van der Waals surface area (Å²) in [5.74, 6) is 0.584. The third-order valence-electron chi connectivity index (χ3n) is 4.70. The van der Waals surface area contributed by atoms with Crippen LogP contribution in [0.1, 0.15) is 25.3 Å². The SMILES string of the molecule is Cc1ccc(NC(=S)Nc2ccc(N3CCC(C)CC3)cc2)cc1F. The minimum absolute atomic E-state index is 0.243. The maximum atomic E-state index is 13.6. The molecule has 0 unspecified atom stereocenters. The Morgan fingerprint density at radius 2 is 1.64 bits per heavy atom. The van der Waals surface area contributed by atoms with Gasteiger partial charge in [0.25, 0.3) is 0 Å². The first-order valence-corrected chi connectivity index (χ1v) is 9.11. The lowest BCUT2D eigenvalue weighted by atomic mass is 9.99. The van der Waals surface area contributed by atoms with E-state index in [9.17, 15) is 4.39 Å². The molecule has 3 nitrogen and oxygen atoms in total. The average Bonchev–Trinajstić information content (AvgIpc) is 2.60. The molecule has 5 heteroatoms. The minimum atomic E-state index is -0.243. The lowest BCUT2D eigenvalue weighted by Gasteiger charge is -2.32. The molecule has 25 heavy (non-hydrogen) atoms. The molecule has 1 heterocycles. The van der Waals surface area contributed by atoms with Gasteiger partial charge >= 0.3 is 0 Å². The van der Waals surface area contributed by atoms with Crippen LogP contribution in [-0.4, -0.2) is 18.2 Å². The largest absolute Gasteiger partial charge is 0.372 e. The predicted molar refractivity (Wildman–Crippen MR) is 108 cm³/mol. The van der Waals surface area contributed by atoms with E-state index in [2.05, 4.69) is 34.6 Å². The number of aryl methyl sites for hydroxylation is 1. The lowest BCUT2D eigenvalue weighted by Crippen LogP contribution is -2.32. The van der Waals surface area contributed by atoms with Crippen molar-refractivity contribution in [3.8, 4) is 0 Å². The van der Waals surface area contributed by atoms with E-state index in [0.29, 0.717) is 16.4 Å². The topological polar surface area (TPSA) is 27.3 Å². The highest BCUT2D eigenvalue weighted by Gasteiger charge is 2.15. The van der Waals surface area contributed by atoms with Gasteiger partial charge in [-0.2, -0.15) is 0 Å². The van der Waals surface area contributed by atoms with E-state index in [4.69, 9.17) is 12.2 Å². The highest BCUT2D eigenvalue weighted by Crippen LogP contribution is 2.24. The molecule has 3 rings (SSSR count). The molecule has 132 valence electrons. The fraction of sp³-hybridized carbons (Fsp3) is 0.350. The molecular weight excluding hydrogens is 333 g/mol. The van der Waals surface area contributed by atoms with Crippen LogP contribution in [0.5, 0.6) is 0 Å². The van der Waals surface area contributed by atoms with E-state index in [-0.39, 0.29) is 5.82 Å². The van der Waals surface area contributed by atoms with Gasteiger partial charge in [0.15, 0.2) is 5.11 Å². The Bertz CT molecular complexity index is 737. The van der Waals surface area contributed by atoms with E-state index < -0.39 is 0 Å². The third-order valence-corrected chi connectivity index (χ3v) is 4.91. The molecule has 0 aliphatic carbocycles. The monoisotopic (exact) mass is 357 g/mol. The number of thiocarbonyl (C=S) groups is 1. The maximum Gasteiger partial charge on any atom is 0.175 e. The summed E-state index contributed by atoms with van der Waals surface area (Å²) in [5.41, 5.74) is 3.42. The van der Waals surface area contributed by atoms with E-state index in [1.165, 1.54) is 24.6 Å². The van der Waals surface area contributed by atoms with Crippen LogP contribution in [0.25, 0.3) is 0 Å². The number of hydrogen-bond acceptors (Lipinski definition) is 2. The van der Waals surface area contributed by atoms with Crippen molar-refractivity contribution in [3.05, 3.63) is 53.8 Å².